The van der Waals surface area contributed by atoms with Crippen molar-refractivity contribution in [3.05, 3.63) is 83.9 Å². The molecule has 31 heavy (non-hydrogen) atoms. The van der Waals surface area contributed by atoms with E-state index in [1.54, 1.807) is 6.08 Å². The Morgan fingerprint density at radius 3 is 2.39 bits per heavy atom. The van der Waals surface area contributed by atoms with Gasteiger partial charge in [0.2, 0.25) is 15.9 Å². The maximum atomic E-state index is 14.0. The fourth-order valence-corrected chi connectivity index (χ4v) is 5.12. The van der Waals surface area contributed by atoms with E-state index in [0.717, 1.165) is 32.8 Å². The first-order valence-corrected chi connectivity index (χ1v) is 11.2. The number of hydrogen-bond acceptors (Lipinski definition) is 3. The lowest BCUT2D eigenvalue weighted by atomic mass is 10.0. The first kappa shape index (κ1) is 21.1. The van der Waals surface area contributed by atoms with E-state index < -0.39 is 26.6 Å². The smallest absolute Gasteiger partial charge is 0.246 e. The molecule has 160 valence electrons. The van der Waals surface area contributed by atoms with E-state index in [1.165, 1.54) is 11.0 Å². The van der Waals surface area contributed by atoms with Crippen molar-refractivity contribution in [2.24, 2.45) is 0 Å². The summed E-state index contributed by atoms with van der Waals surface area (Å²) >= 11 is 0. The minimum atomic E-state index is -4.18. The van der Waals surface area contributed by atoms with Crippen LogP contribution in [-0.2, 0) is 14.8 Å². The molecule has 1 aliphatic rings. The predicted octanol–water partition coefficient (Wildman–Crippen LogP) is 3.66. The number of sulfonamides is 1. The van der Waals surface area contributed by atoms with E-state index in [-0.39, 0.29) is 32.1 Å². The number of nitrogens with zero attached hydrogens (tertiary/aromatic N) is 2. The van der Waals surface area contributed by atoms with Crippen LogP contribution >= 0.6 is 0 Å². The van der Waals surface area contributed by atoms with Gasteiger partial charge in [-0.1, -0.05) is 42.5 Å². The lowest BCUT2D eigenvalue weighted by Crippen LogP contribution is -2.50. The fourth-order valence-electron chi connectivity index (χ4n) is 3.63. The third-order valence-electron chi connectivity index (χ3n) is 5.29. The topological polar surface area (TPSA) is 57.7 Å². The van der Waals surface area contributed by atoms with Crippen LogP contribution in [0, 0.1) is 11.6 Å². The maximum absolute atomic E-state index is 14.0. The molecular weight excluding hydrogens is 422 g/mol. The average molecular weight is 442 g/mol. The van der Waals surface area contributed by atoms with Crippen molar-refractivity contribution < 1.29 is 22.0 Å². The number of halogens is 2. The Morgan fingerprint density at radius 1 is 0.903 bits per heavy atom. The number of carbonyl (C=O) groups is 1. The Balaban J connectivity index is 1.44. The van der Waals surface area contributed by atoms with Gasteiger partial charge in [-0.3, -0.25) is 4.79 Å². The van der Waals surface area contributed by atoms with Gasteiger partial charge in [0, 0.05) is 32.3 Å². The van der Waals surface area contributed by atoms with Crippen LogP contribution in [0.1, 0.15) is 5.56 Å². The van der Waals surface area contributed by atoms with Crippen molar-refractivity contribution in [1.82, 2.24) is 9.21 Å². The second kappa shape index (κ2) is 8.56. The van der Waals surface area contributed by atoms with Gasteiger partial charge in [0.1, 0.15) is 16.5 Å². The maximum Gasteiger partial charge on any atom is 0.246 e. The van der Waals surface area contributed by atoms with Crippen LogP contribution in [0.5, 0.6) is 0 Å². The minimum Gasteiger partial charge on any atom is -0.337 e. The standard InChI is InChI=1S/C23H20F2N2O3S/c24-19-9-10-21(25)22(16-19)31(29,30)27-14-12-26(13-15-27)23(28)11-8-18-6-3-5-17-4-1-2-7-20(17)18/h1-11,16H,12-15H2. The number of fused-ring (bicyclic) bond motifs is 1. The molecule has 0 atom stereocenters. The summed E-state index contributed by atoms with van der Waals surface area (Å²) in [5, 5.41) is 2.10. The van der Waals surface area contributed by atoms with Crippen molar-refractivity contribution >= 4 is 32.8 Å². The van der Waals surface area contributed by atoms with E-state index >= 15 is 0 Å². The molecule has 3 aromatic carbocycles. The van der Waals surface area contributed by atoms with Crippen LogP contribution in [0.2, 0.25) is 0 Å². The highest BCUT2D eigenvalue weighted by Crippen LogP contribution is 2.22. The summed E-state index contributed by atoms with van der Waals surface area (Å²) in [4.78, 5) is 13.4. The van der Waals surface area contributed by atoms with Crippen LogP contribution < -0.4 is 0 Å². The van der Waals surface area contributed by atoms with E-state index in [4.69, 9.17) is 0 Å². The Hall–Kier alpha value is -3.10. The molecule has 1 aliphatic heterocycles. The largest absolute Gasteiger partial charge is 0.337 e. The molecule has 0 unspecified atom stereocenters. The molecule has 1 amide bonds. The molecule has 8 heteroatoms. The summed E-state index contributed by atoms with van der Waals surface area (Å²) in [6.07, 6.45) is 3.22. The third-order valence-corrected chi connectivity index (χ3v) is 7.20. The summed E-state index contributed by atoms with van der Waals surface area (Å²) in [5.74, 6) is -2.06. The zero-order valence-electron chi connectivity index (χ0n) is 16.5. The summed E-state index contributed by atoms with van der Waals surface area (Å²) in [6, 6.07) is 16.0. The molecule has 0 aromatic heterocycles. The van der Waals surface area contributed by atoms with E-state index in [0.29, 0.717) is 6.07 Å². The predicted molar refractivity (Wildman–Crippen MR) is 115 cm³/mol. The van der Waals surface area contributed by atoms with Gasteiger partial charge < -0.3 is 4.90 Å². The van der Waals surface area contributed by atoms with Crippen molar-refractivity contribution in [2.45, 2.75) is 4.90 Å². The monoisotopic (exact) mass is 442 g/mol. The fraction of sp³-hybridized carbons (Fsp3) is 0.174. The molecule has 4 rings (SSSR count). The Kier molecular flexibility index (Phi) is 5.84. The number of benzene rings is 3. The highest BCUT2D eigenvalue weighted by atomic mass is 32.2. The summed E-state index contributed by atoms with van der Waals surface area (Å²) in [5.41, 5.74) is 0.911. The molecule has 0 bridgehead atoms. The van der Waals surface area contributed by atoms with Crippen molar-refractivity contribution in [2.75, 3.05) is 26.2 Å². The second-order valence-electron chi connectivity index (χ2n) is 7.21. The van der Waals surface area contributed by atoms with Crippen molar-refractivity contribution in [1.29, 1.82) is 0 Å². The Morgan fingerprint density at radius 2 is 1.61 bits per heavy atom. The summed E-state index contributed by atoms with van der Waals surface area (Å²) in [7, 11) is -4.18. The number of piperazine rings is 1. The molecular formula is C23H20F2N2O3S. The average Bonchev–Trinajstić information content (AvgIpc) is 2.79. The summed E-state index contributed by atoms with van der Waals surface area (Å²) < 4.78 is 53.8. The number of hydrogen-bond donors (Lipinski definition) is 0. The molecule has 0 radical (unpaired) electrons. The highest BCUT2D eigenvalue weighted by Gasteiger charge is 2.31. The van der Waals surface area contributed by atoms with Crippen LogP contribution in [0.4, 0.5) is 8.78 Å². The normalized spacial score (nSPS) is 15.6. The van der Waals surface area contributed by atoms with Gasteiger partial charge in [0.05, 0.1) is 0 Å². The molecule has 1 saturated heterocycles. The number of amides is 1. The van der Waals surface area contributed by atoms with Crippen LogP contribution in [-0.4, -0.2) is 49.7 Å². The van der Waals surface area contributed by atoms with Gasteiger partial charge in [-0.15, -0.1) is 0 Å². The molecule has 1 fully saturated rings. The zero-order chi connectivity index (χ0) is 22.0. The van der Waals surface area contributed by atoms with Crippen molar-refractivity contribution in [3.8, 4) is 0 Å². The summed E-state index contributed by atoms with van der Waals surface area (Å²) in [6.45, 7) is 0.335. The first-order valence-electron chi connectivity index (χ1n) is 9.76. The quantitative estimate of drug-likeness (QED) is 0.580. The highest BCUT2D eigenvalue weighted by molar-refractivity contribution is 7.89. The van der Waals surface area contributed by atoms with E-state index in [9.17, 15) is 22.0 Å². The van der Waals surface area contributed by atoms with Gasteiger partial charge in [-0.05, 0) is 40.6 Å². The van der Waals surface area contributed by atoms with E-state index in [1.807, 2.05) is 42.5 Å². The number of rotatable bonds is 4. The van der Waals surface area contributed by atoms with Crippen LogP contribution in [0.15, 0.2) is 71.6 Å². The Labute approximate surface area is 179 Å². The van der Waals surface area contributed by atoms with Gasteiger partial charge in [0.25, 0.3) is 0 Å². The van der Waals surface area contributed by atoms with Crippen LogP contribution in [0.25, 0.3) is 16.8 Å². The second-order valence-corrected chi connectivity index (χ2v) is 9.11. The van der Waals surface area contributed by atoms with Gasteiger partial charge in [-0.2, -0.15) is 4.31 Å². The Bertz CT molecular complexity index is 1260. The molecule has 0 aliphatic carbocycles. The molecule has 0 saturated carbocycles. The lowest BCUT2D eigenvalue weighted by molar-refractivity contribution is -0.127. The third kappa shape index (κ3) is 4.35. The molecule has 3 aromatic rings. The molecule has 1 heterocycles. The minimum absolute atomic E-state index is 0.00609. The van der Waals surface area contributed by atoms with E-state index in [2.05, 4.69) is 0 Å². The lowest BCUT2D eigenvalue weighted by Gasteiger charge is -2.33. The van der Waals surface area contributed by atoms with Gasteiger partial charge in [0.15, 0.2) is 0 Å². The van der Waals surface area contributed by atoms with Crippen molar-refractivity contribution in [3.63, 3.8) is 0 Å². The molecule has 0 spiro atoms. The first-order chi connectivity index (χ1) is 14.9. The number of carbonyl (C=O) groups excluding carboxylic acids is 1. The van der Waals surface area contributed by atoms with Gasteiger partial charge >= 0.3 is 0 Å². The zero-order valence-corrected chi connectivity index (χ0v) is 17.4. The van der Waals surface area contributed by atoms with Crippen LogP contribution in [0.3, 0.4) is 0 Å². The molecule has 5 nitrogen and oxygen atoms in total. The SMILES string of the molecule is O=C(C=Cc1cccc2ccccc12)N1CCN(S(=O)(=O)c2cc(F)ccc2F)CC1. The van der Waals surface area contributed by atoms with Gasteiger partial charge in [-0.25, -0.2) is 17.2 Å². The molecule has 0 N–H and O–H groups in total.